The predicted octanol–water partition coefficient (Wildman–Crippen LogP) is 3.51. The van der Waals surface area contributed by atoms with Crippen molar-refractivity contribution < 1.29 is 9.18 Å². The van der Waals surface area contributed by atoms with Crippen molar-refractivity contribution in [1.29, 1.82) is 0 Å². The summed E-state index contributed by atoms with van der Waals surface area (Å²) in [6.07, 6.45) is 1.25. The van der Waals surface area contributed by atoms with Gasteiger partial charge >= 0.3 is 0 Å². The number of hydrogen-bond acceptors (Lipinski definition) is 3. The number of carbonyl (C=O) groups excluding carboxylic acids is 1. The van der Waals surface area contributed by atoms with Crippen molar-refractivity contribution in [2.75, 3.05) is 5.75 Å². The third-order valence-corrected chi connectivity index (χ3v) is 4.20. The fourth-order valence-electron chi connectivity index (χ4n) is 2.08. The summed E-state index contributed by atoms with van der Waals surface area (Å²) >= 11 is 1.37. The molecular formula is C16H19FN2OS. The lowest BCUT2D eigenvalue weighted by molar-refractivity contribution is -0.116. The van der Waals surface area contributed by atoms with Crippen LogP contribution in [0.25, 0.3) is 0 Å². The number of aryl methyl sites for hydroxylation is 2. The van der Waals surface area contributed by atoms with Gasteiger partial charge in [-0.25, -0.2) is 4.39 Å². The van der Waals surface area contributed by atoms with E-state index in [1.807, 2.05) is 30.7 Å². The number of thioether (sulfide) groups is 1. The molecular weight excluding hydrogens is 287 g/mol. The van der Waals surface area contributed by atoms with Gasteiger partial charge in [-0.1, -0.05) is 13.0 Å². The molecule has 0 aliphatic heterocycles. The Morgan fingerprint density at radius 1 is 1.33 bits per heavy atom. The molecule has 3 nitrogen and oxygen atoms in total. The Hall–Kier alpha value is -1.62. The molecule has 0 unspecified atom stereocenters. The van der Waals surface area contributed by atoms with E-state index in [-0.39, 0.29) is 11.6 Å². The van der Waals surface area contributed by atoms with E-state index in [0.717, 1.165) is 29.2 Å². The van der Waals surface area contributed by atoms with Crippen LogP contribution in [0.3, 0.4) is 0 Å². The Morgan fingerprint density at radius 3 is 2.81 bits per heavy atom. The van der Waals surface area contributed by atoms with Crippen LogP contribution in [-0.4, -0.2) is 21.3 Å². The third-order valence-electron chi connectivity index (χ3n) is 3.15. The summed E-state index contributed by atoms with van der Waals surface area (Å²) in [5.74, 6) is 0.199. The largest absolute Gasteiger partial charge is 0.298 e. The fourth-order valence-corrected chi connectivity index (χ4v) is 2.88. The second-order valence-corrected chi connectivity index (χ2v) is 5.81. The van der Waals surface area contributed by atoms with E-state index in [4.69, 9.17) is 0 Å². The molecule has 0 fully saturated rings. The first kappa shape index (κ1) is 15.8. The molecule has 0 N–H and O–H groups in total. The zero-order chi connectivity index (χ0) is 15.2. The topological polar surface area (TPSA) is 34.9 Å². The van der Waals surface area contributed by atoms with Crippen LogP contribution in [0.1, 0.15) is 25.2 Å². The van der Waals surface area contributed by atoms with Crippen LogP contribution in [0.5, 0.6) is 0 Å². The first-order valence-corrected chi connectivity index (χ1v) is 8.06. The second-order valence-electron chi connectivity index (χ2n) is 4.76. The lowest BCUT2D eigenvalue weighted by atomic mass is 10.2. The molecule has 21 heavy (non-hydrogen) atoms. The highest BCUT2D eigenvalue weighted by Gasteiger charge is 2.11. The van der Waals surface area contributed by atoms with E-state index >= 15 is 0 Å². The van der Waals surface area contributed by atoms with Crippen LogP contribution in [-0.2, 0) is 24.2 Å². The number of hydrogen-bond donors (Lipinski definition) is 0. The molecule has 2 aromatic rings. The minimum atomic E-state index is -0.274. The first-order valence-electron chi connectivity index (χ1n) is 7.08. The van der Waals surface area contributed by atoms with Gasteiger partial charge in [-0.05, 0) is 37.6 Å². The van der Waals surface area contributed by atoms with Gasteiger partial charge in [-0.3, -0.25) is 9.48 Å². The van der Waals surface area contributed by atoms with Crippen LogP contribution >= 0.6 is 11.8 Å². The van der Waals surface area contributed by atoms with E-state index in [0.29, 0.717) is 12.2 Å². The number of rotatable bonds is 7. The molecule has 0 aliphatic rings. The van der Waals surface area contributed by atoms with Crippen LogP contribution in [0.4, 0.5) is 4.39 Å². The van der Waals surface area contributed by atoms with Gasteiger partial charge < -0.3 is 0 Å². The molecule has 112 valence electrons. The van der Waals surface area contributed by atoms with Crippen molar-refractivity contribution in [2.45, 2.75) is 38.1 Å². The maximum atomic E-state index is 13.1. The van der Waals surface area contributed by atoms with Crippen LogP contribution in [0.15, 0.2) is 35.2 Å². The van der Waals surface area contributed by atoms with Crippen molar-refractivity contribution in [2.24, 2.45) is 0 Å². The zero-order valence-electron chi connectivity index (χ0n) is 12.3. The van der Waals surface area contributed by atoms with E-state index in [2.05, 4.69) is 5.10 Å². The summed E-state index contributed by atoms with van der Waals surface area (Å²) in [4.78, 5) is 12.9. The van der Waals surface area contributed by atoms with E-state index in [9.17, 15) is 9.18 Å². The van der Waals surface area contributed by atoms with Crippen molar-refractivity contribution in [3.05, 3.63) is 47.5 Å². The fraction of sp³-hybridized carbons (Fsp3) is 0.375. The number of Topliss-reactive ketones (excluding diaryl/α,β-unsaturated/α-hetero) is 1. The molecule has 2 rings (SSSR count). The van der Waals surface area contributed by atoms with Crippen molar-refractivity contribution in [3.8, 4) is 0 Å². The highest BCUT2D eigenvalue weighted by Crippen LogP contribution is 2.19. The van der Waals surface area contributed by atoms with Gasteiger partial charge in [-0.2, -0.15) is 5.10 Å². The summed E-state index contributed by atoms with van der Waals surface area (Å²) in [5, 5.41) is 4.44. The molecule has 0 aliphatic carbocycles. The SMILES string of the molecule is CCc1cc(CC(=O)CSc2cccc(F)c2)n(CC)n1. The van der Waals surface area contributed by atoms with Crippen molar-refractivity contribution in [1.82, 2.24) is 9.78 Å². The number of benzene rings is 1. The molecule has 0 amide bonds. The van der Waals surface area contributed by atoms with E-state index in [1.54, 1.807) is 6.07 Å². The Labute approximate surface area is 128 Å². The van der Waals surface area contributed by atoms with Gasteiger partial charge in [0.05, 0.1) is 11.4 Å². The summed E-state index contributed by atoms with van der Waals surface area (Å²) in [6.45, 7) is 4.83. The maximum Gasteiger partial charge on any atom is 0.149 e. The smallest absolute Gasteiger partial charge is 0.149 e. The summed E-state index contributed by atoms with van der Waals surface area (Å²) < 4.78 is 14.9. The molecule has 0 saturated heterocycles. The summed E-state index contributed by atoms with van der Waals surface area (Å²) in [6, 6.07) is 8.31. The second kappa shape index (κ2) is 7.41. The average molecular weight is 306 g/mol. The Morgan fingerprint density at radius 2 is 2.14 bits per heavy atom. The number of ketones is 1. The molecule has 5 heteroatoms. The van der Waals surface area contributed by atoms with Crippen LogP contribution in [0, 0.1) is 5.82 Å². The molecule has 0 bridgehead atoms. The normalized spacial score (nSPS) is 10.8. The van der Waals surface area contributed by atoms with Crippen LogP contribution in [0.2, 0.25) is 0 Å². The van der Waals surface area contributed by atoms with Gasteiger partial charge in [0.15, 0.2) is 0 Å². The van der Waals surface area contributed by atoms with E-state index < -0.39 is 0 Å². The van der Waals surface area contributed by atoms with Gasteiger partial charge in [0, 0.05) is 23.6 Å². The average Bonchev–Trinajstić information content (AvgIpc) is 2.87. The molecule has 1 heterocycles. The predicted molar refractivity (Wildman–Crippen MR) is 83.1 cm³/mol. The Bertz CT molecular complexity index is 624. The molecule has 0 atom stereocenters. The summed E-state index contributed by atoms with van der Waals surface area (Å²) in [7, 11) is 0. The van der Waals surface area contributed by atoms with Gasteiger partial charge in [-0.15, -0.1) is 11.8 Å². The molecule has 1 aromatic carbocycles. The highest BCUT2D eigenvalue weighted by atomic mass is 32.2. The first-order chi connectivity index (χ1) is 10.1. The van der Waals surface area contributed by atoms with Gasteiger partial charge in [0.2, 0.25) is 0 Å². The van der Waals surface area contributed by atoms with Crippen LogP contribution < -0.4 is 0 Å². The molecule has 0 radical (unpaired) electrons. The van der Waals surface area contributed by atoms with Crippen molar-refractivity contribution in [3.63, 3.8) is 0 Å². The van der Waals surface area contributed by atoms with Gasteiger partial charge in [0.25, 0.3) is 0 Å². The Kier molecular flexibility index (Phi) is 5.56. The van der Waals surface area contributed by atoms with Gasteiger partial charge in [0.1, 0.15) is 11.6 Å². The highest BCUT2D eigenvalue weighted by molar-refractivity contribution is 8.00. The third kappa shape index (κ3) is 4.43. The quantitative estimate of drug-likeness (QED) is 0.734. The monoisotopic (exact) mass is 306 g/mol. The molecule has 0 saturated carbocycles. The zero-order valence-corrected chi connectivity index (χ0v) is 13.1. The number of carbonyl (C=O) groups is 1. The maximum absolute atomic E-state index is 13.1. The number of aromatic nitrogens is 2. The minimum absolute atomic E-state index is 0.126. The minimum Gasteiger partial charge on any atom is -0.298 e. The van der Waals surface area contributed by atoms with Crippen molar-refractivity contribution >= 4 is 17.5 Å². The number of halogens is 1. The Balaban J connectivity index is 1.94. The van der Waals surface area contributed by atoms with E-state index in [1.165, 1.54) is 23.9 Å². The lowest BCUT2D eigenvalue weighted by Crippen LogP contribution is -2.11. The molecule has 0 spiro atoms. The lowest BCUT2D eigenvalue weighted by Gasteiger charge is -2.04. The molecule has 1 aromatic heterocycles. The summed E-state index contributed by atoms with van der Waals surface area (Å²) in [5.41, 5.74) is 1.97. The standard InChI is InChI=1S/C16H19FN2OS/c1-3-13-9-14(19(4-2)18-13)10-15(20)11-21-16-7-5-6-12(17)8-16/h5-9H,3-4,10-11H2,1-2H3. The number of nitrogens with zero attached hydrogens (tertiary/aromatic N) is 2.